The third kappa shape index (κ3) is 3.48. The maximum atomic E-state index is 4.56. The van der Waals surface area contributed by atoms with Crippen LogP contribution in [0.2, 0.25) is 0 Å². The summed E-state index contributed by atoms with van der Waals surface area (Å²) in [5.41, 5.74) is 2.76. The smallest absolute Gasteiger partial charge is 0.0537 e. The monoisotopic (exact) mass is 318 g/mol. The first-order valence-electron chi connectivity index (χ1n) is 9.37. The molecular weight excluding hydrogens is 284 g/mol. The molecule has 0 saturated heterocycles. The summed E-state index contributed by atoms with van der Waals surface area (Å²) in [6, 6.07) is 1.59. The molecule has 2 unspecified atom stereocenters. The number of hydrogen-bond acceptors (Lipinski definition) is 3. The van der Waals surface area contributed by atoms with Crippen LogP contribution in [0, 0.1) is 18.8 Å². The number of hydrogen-bond donors (Lipinski definition) is 0. The highest BCUT2D eigenvalue weighted by molar-refractivity contribution is 5.16. The molecule has 1 aromatic rings. The lowest BCUT2D eigenvalue weighted by atomic mass is 10.0. The van der Waals surface area contributed by atoms with Gasteiger partial charge in [0.15, 0.2) is 0 Å². The number of aromatic nitrogens is 2. The number of rotatable bonds is 6. The number of fused-ring (bicyclic) bond motifs is 1. The summed E-state index contributed by atoms with van der Waals surface area (Å²) in [4.78, 5) is 5.02. The second kappa shape index (κ2) is 6.94. The predicted molar refractivity (Wildman–Crippen MR) is 95.4 cm³/mol. The predicted octanol–water partition coefficient (Wildman–Crippen LogP) is 3.15. The lowest BCUT2D eigenvalue weighted by molar-refractivity contribution is 0.211. The molecule has 2 aliphatic rings. The fraction of sp³-hybridized carbons (Fsp3) is 0.842. The third-order valence-electron chi connectivity index (χ3n) is 6.38. The van der Waals surface area contributed by atoms with E-state index in [1.54, 1.807) is 0 Å². The third-order valence-corrected chi connectivity index (χ3v) is 6.38. The van der Waals surface area contributed by atoms with Crippen molar-refractivity contribution in [2.45, 2.75) is 71.1 Å². The fourth-order valence-corrected chi connectivity index (χ4v) is 4.81. The van der Waals surface area contributed by atoms with E-state index in [-0.39, 0.29) is 0 Å². The minimum atomic E-state index is 0.766. The molecule has 0 bridgehead atoms. The Morgan fingerprint density at radius 2 is 1.70 bits per heavy atom. The van der Waals surface area contributed by atoms with Gasteiger partial charge in [0.2, 0.25) is 0 Å². The Hall–Kier alpha value is -0.870. The summed E-state index contributed by atoms with van der Waals surface area (Å²) in [6.07, 6.45) is 8.85. The van der Waals surface area contributed by atoms with Crippen molar-refractivity contribution in [1.29, 1.82) is 0 Å². The molecule has 0 radical (unpaired) electrons. The van der Waals surface area contributed by atoms with Crippen LogP contribution in [0.3, 0.4) is 0 Å². The Morgan fingerprint density at radius 3 is 2.26 bits per heavy atom. The lowest BCUT2D eigenvalue weighted by Gasteiger charge is -2.26. The Labute approximate surface area is 141 Å². The zero-order valence-corrected chi connectivity index (χ0v) is 15.6. The highest BCUT2D eigenvalue weighted by Gasteiger charge is 2.43. The van der Waals surface area contributed by atoms with Gasteiger partial charge in [-0.1, -0.05) is 6.92 Å². The number of aryl methyl sites for hydroxylation is 1. The van der Waals surface area contributed by atoms with E-state index in [2.05, 4.69) is 60.8 Å². The highest BCUT2D eigenvalue weighted by Crippen LogP contribution is 2.46. The van der Waals surface area contributed by atoms with Gasteiger partial charge in [-0.15, -0.1) is 0 Å². The van der Waals surface area contributed by atoms with E-state index in [9.17, 15) is 0 Å². The summed E-state index contributed by atoms with van der Waals surface area (Å²) in [5, 5.41) is 4.56. The van der Waals surface area contributed by atoms with Crippen LogP contribution in [0.5, 0.6) is 0 Å². The Balaban J connectivity index is 1.56. The Morgan fingerprint density at radius 1 is 1.09 bits per heavy atom. The zero-order chi connectivity index (χ0) is 16.6. The molecule has 2 saturated carbocycles. The van der Waals surface area contributed by atoms with Crippen LogP contribution in [0.25, 0.3) is 0 Å². The van der Waals surface area contributed by atoms with Crippen LogP contribution >= 0.6 is 0 Å². The second-order valence-corrected chi connectivity index (χ2v) is 8.13. The van der Waals surface area contributed by atoms with Crippen LogP contribution in [0.4, 0.5) is 0 Å². The molecule has 130 valence electrons. The molecule has 23 heavy (non-hydrogen) atoms. The minimum absolute atomic E-state index is 0.766. The van der Waals surface area contributed by atoms with Gasteiger partial charge in [0, 0.05) is 36.4 Å². The van der Waals surface area contributed by atoms with Crippen molar-refractivity contribution in [2.24, 2.45) is 11.8 Å². The molecular formula is C19H34N4. The summed E-state index contributed by atoms with van der Waals surface area (Å²) in [5.74, 6) is 1.91. The molecule has 0 aliphatic heterocycles. The number of nitrogens with zero attached hydrogens (tertiary/aromatic N) is 4. The summed E-state index contributed by atoms with van der Waals surface area (Å²) < 4.78 is 2.16. The van der Waals surface area contributed by atoms with Crippen LogP contribution in [0.15, 0.2) is 6.20 Å². The van der Waals surface area contributed by atoms with Gasteiger partial charge in [-0.05, 0) is 72.0 Å². The van der Waals surface area contributed by atoms with Crippen LogP contribution in [0.1, 0.15) is 50.3 Å². The molecule has 0 aromatic carbocycles. The molecule has 1 aromatic heterocycles. The molecule has 0 N–H and O–H groups in total. The van der Waals surface area contributed by atoms with Gasteiger partial charge in [0.05, 0.1) is 6.20 Å². The first-order valence-corrected chi connectivity index (χ1v) is 9.37. The van der Waals surface area contributed by atoms with Crippen molar-refractivity contribution in [3.63, 3.8) is 0 Å². The maximum Gasteiger partial charge on any atom is 0.0537 e. The largest absolute Gasteiger partial charge is 0.306 e. The molecule has 3 rings (SSSR count). The average Bonchev–Trinajstić information content (AvgIpc) is 3.15. The summed E-state index contributed by atoms with van der Waals surface area (Å²) in [6.45, 7) is 6.52. The molecule has 2 fully saturated rings. The summed E-state index contributed by atoms with van der Waals surface area (Å²) in [7, 11) is 6.80. The summed E-state index contributed by atoms with van der Waals surface area (Å²) >= 11 is 0. The van der Waals surface area contributed by atoms with E-state index in [0.29, 0.717) is 0 Å². The Kier molecular flexibility index (Phi) is 5.12. The van der Waals surface area contributed by atoms with Crippen molar-refractivity contribution < 1.29 is 0 Å². The first-order chi connectivity index (χ1) is 11.0. The quantitative estimate of drug-likeness (QED) is 0.805. The maximum absolute atomic E-state index is 4.56. The van der Waals surface area contributed by atoms with E-state index < -0.39 is 0 Å². The fourth-order valence-electron chi connectivity index (χ4n) is 4.81. The van der Waals surface area contributed by atoms with Crippen molar-refractivity contribution in [3.8, 4) is 0 Å². The van der Waals surface area contributed by atoms with E-state index in [0.717, 1.165) is 43.4 Å². The topological polar surface area (TPSA) is 24.3 Å². The van der Waals surface area contributed by atoms with Crippen molar-refractivity contribution in [3.05, 3.63) is 17.5 Å². The molecule has 0 spiro atoms. The van der Waals surface area contributed by atoms with Gasteiger partial charge < -0.3 is 4.90 Å². The average molecular weight is 319 g/mol. The molecule has 4 nitrogen and oxygen atoms in total. The van der Waals surface area contributed by atoms with E-state index in [1.807, 2.05) is 0 Å². The highest BCUT2D eigenvalue weighted by atomic mass is 15.3. The van der Waals surface area contributed by atoms with Crippen molar-refractivity contribution >= 4 is 0 Å². The van der Waals surface area contributed by atoms with E-state index in [4.69, 9.17) is 0 Å². The lowest BCUT2D eigenvalue weighted by Crippen LogP contribution is -2.31. The van der Waals surface area contributed by atoms with Crippen molar-refractivity contribution in [2.75, 3.05) is 21.1 Å². The first kappa shape index (κ1) is 17.0. The van der Waals surface area contributed by atoms with Crippen LogP contribution in [-0.4, -0.2) is 52.8 Å². The minimum Gasteiger partial charge on any atom is -0.306 e. The molecule has 1 heterocycles. The van der Waals surface area contributed by atoms with E-state index >= 15 is 0 Å². The van der Waals surface area contributed by atoms with Crippen molar-refractivity contribution in [1.82, 2.24) is 19.6 Å². The standard InChI is InChI=1S/C19H34N4/c1-6-7-23-14(2)17(12-20-23)13-22(5)19-10-15-8-18(21(3)4)9-16(15)11-19/h12,15-16,18-19H,6-11,13H2,1-5H3/t15-,16+,18?,19?. The molecule has 4 atom stereocenters. The van der Waals surface area contributed by atoms with Crippen LogP contribution < -0.4 is 0 Å². The van der Waals surface area contributed by atoms with Gasteiger partial charge >= 0.3 is 0 Å². The van der Waals surface area contributed by atoms with E-state index in [1.165, 1.54) is 36.9 Å². The van der Waals surface area contributed by atoms with Gasteiger partial charge in [0.1, 0.15) is 0 Å². The second-order valence-electron chi connectivity index (χ2n) is 8.13. The van der Waals surface area contributed by atoms with Gasteiger partial charge in [-0.2, -0.15) is 5.10 Å². The van der Waals surface area contributed by atoms with Crippen LogP contribution in [-0.2, 0) is 13.1 Å². The normalized spacial score (nSPS) is 30.6. The van der Waals surface area contributed by atoms with Gasteiger partial charge in [0.25, 0.3) is 0 Å². The zero-order valence-electron chi connectivity index (χ0n) is 15.6. The Bertz CT molecular complexity index is 507. The SMILES string of the molecule is CCCn1ncc(CN(C)C2C[C@H]3CC(N(C)C)C[C@H]3C2)c1C. The molecule has 2 aliphatic carbocycles. The molecule has 0 amide bonds. The van der Waals surface area contributed by atoms with Gasteiger partial charge in [-0.25, -0.2) is 0 Å². The molecule has 4 heteroatoms. The van der Waals surface area contributed by atoms with Gasteiger partial charge in [-0.3, -0.25) is 9.58 Å².